The maximum absolute atomic E-state index is 9.20. The second-order valence-corrected chi connectivity index (χ2v) is 3.30. The second-order valence-electron chi connectivity index (χ2n) is 3.30. The van der Waals surface area contributed by atoms with Gasteiger partial charge in [0, 0.05) is 5.39 Å². The number of hydrogen-bond donors (Lipinski definition) is 3. The average Bonchev–Trinajstić information content (AvgIpc) is 2.29. The van der Waals surface area contributed by atoms with Crippen molar-refractivity contribution in [3.8, 4) is 5.75 Å². The maximum Gasteiger partial charge on any atom is 0.569 e. The van der Waals surface area contributed by atoms with Crippen molar-refractivity contribution in [2.45, 2.75) is 0 Å². The van der Waals surface area contributed by atoms with Gasteiger partial charge in [-0.15, -0.1) is 0 Å². The van der Waals surface area contributed by atoms with Gasteiger partial charge in [-0.2, -0.15) is 0 Å². The molecule has 2 aromatic rings. The fourth-order valence-electron chi connectivity index (χ4n) is 1.68. The molecule has 0 fully saturated rings. The molecular weight excluding hydrogens is 206 g/mol. The molecule has 0 aliphatic rings. The highest BCUT2D eigenvalue weighted by Crippen LogP contribution is 2.23. The first-order chi connectivity index (χ1) is 7.74. The van der Waals surface area contributed by atoms with Gasteiger partial charge in [0.2, 0.25) is 0 Å². The Hall–Kier alpha value is -1.49. The summed E-state index contributed by atoms with van der Waals surface area (Å²) in [6.45, 7) is 0. The minimum absolute atomic E-state index is 0.404. The van der Waals surface area contributed by atoms with E-state index in [4.69, 9.17) is 9.68 Å². The Morgan fingerprint density at radius 3 is 2.31 bits per heavy atom. The van der Waals surface area contributed by atoms with Crippen LogP contribution in [-0.2, 0) is 0 Å². The van der Waals surface area contributed by atoms with E-state index in [-0.39, 0.29) is 0 Å². The van der Waals surface area contributed by atoms with Crippen LogP contribution in [0.5, 0.6) is 5.75 Å². The van der Waals surface area contributed by atoms with Crippen LogP contribution >= 0.6 is 0 Å². The summed E-state index contributed by atoms with van der Waals surface area (Å²) >= 11 is 0. The van der Waals surface area contributed by atoms with E-state index in [2.05, 4.69) is 0 Å². The Morgan fingerprint density at radius 1 is 1.00 bits per heavy atom. The van der Waals surface area contributed by atoms with E-state index >= 15 is 0 Å². The molecule has 1 radical (unpaired) electrons. The van der Waals surface area contributed by atoms with Crippen LogP contribution < -0.4 is 10.1 Å². The van der Waals surface area contributed by atoms with E-state index in [9.17, 15) is 10.0 Å². The summed E-state index contributed by atoms with van der Waals surface area (Å²) in [7, 11) is -0.936. The number of rotatable bonds is 3. The summed E-state index contributed by atoms with van der Waals surface area (Å²) in [5, 5.41) is 28.4. The Kier molecular flexibility index (Phi) is 3.14. The summed E-state index contributed by atoms with van der Waals surface area (Å²) < 4.78 is 4.92. The van der Waals surface area contributed by atoms with Crippen LogP contribution in [0.15, 0.2) is 36.4 Å². The minimum Gasteiger partial charge on any atom is -0.537 e. The van der Waals surface area contributed by atoms with Gasteiger partial charge in [-0.05, 0) is 16.9 Å². The van der Waals surface area contributed by atoms with Crippen molar-refractivity contribution in [3.63, 3.8) is 0 Å². The molecule has 6 heteroatoms. The fraction of sp³-hybridized carbons (Fsp3) is 0. The van der Waals surface area contributed by atoms with Crippen molar-refractivity contribution < 1.29 is 19.7 Å². The van der Waals surface area contributed by atoms with E-state index < -0.39 is 7.12 Å². The van der Waals surface area contributed by atoms with Crippen LogP contribution in [0.1, 0.15) is 0 Å². The molecule has 2 aromatic carbocycles. The van der Waals surface area contributed by atoms with Gasteiger partial charge >= 0.3 is 14.8 Å². The molecule has 0 saturated carbocycles. The lowest BCUT2D eigenvalue weighted by atomic mass is 9.77. The molecule has 0 unspecified atom stereocenters. The molecule has 4 nitrogen and oxygen atoms in total. The average molecular weight is 215 g/mol. The molecule has 0 spiro atoms. The van der Waals surface area contributed by atoms with E-state index in [1.54, 1.807) is 36.4 Å². The Morgan fingerprint density at radius 2 is 1.69 bits per heavy atom. The molecule has 0 heterocycles. The highest BCUT2D eigenvalue weighted by atomic mass is 16.5. The summed E-state index contributed by atoms with van der Waals surface area (Å²) in [5.41, 5.74) is 0.404. The normalized spacial score (nSPS) is 10.2. The van der Waals surface area contributed by atoms with Crippen molar-refractivity contribution in [2.24, 2.45) is 0 Å². The molecule has 0 bridgehead atoms. The van der Waals surface area contributed by atoms with Gasteiger partial charge in [0.05, 0.1) is 0 Å². The molecule has 2 rings (SSSR count). The first-order valence-electron chi connectivity index (χ1n) is 4.74. The standard InChI is InChI=1S/C10H9B2O4/c13-11-16-10-6-5-9(12(14)15)7-3-1-2-4-8(7)10/h1-6,13-15H. The van der Waals surface area contributed by atoms with Crippen molar-refractivity contribution in [1.82, 2.24) is 0 Å². The maximum atomic E-state index is 9.20. The fourth-order valence-corrected chi connectivity index (χ4v) is 1.68. The molecular formula is C10H9B2O4. The predicted molar refractivity (Wildman–Crippen MR) is 62.4 cm³/mol. The molecule has 16 heavy (non-hydrogen) atoms. The highest BCUT2D eigenvalue weighted by molar-refractivity contribution is 6.62. The molecule has 79 valence electrons. The largest absolute Gasteiger partial charge is 0.569 e. The zero-order valence-electron chi connectivity index (χ0n) is 8.37. The van der Waals surface area contributed by atoms with Gasteiger partial charge in [0.15, 0.2) is 0 Å². The summed E-state index contributed by atoms with van der Waals surface area (Å²) in [5.74, 6) is 0.461. The van der Waals surface area contributed by atoms with Gasteiger partial charge in [-0.3, -0.25) is 0 Å². The third-order valence-corrected chi connectivity index (χ3v) is 2.38. The molecule has 0 aliphatic carbocycles. The number of benzene rings is 2. The second kappa shape index (κ2) is 4.57. The topological polar surface area (TPSA) is 69.9 Å². The van der Waals surface area contributed by atoms with E-state index in [0.29, 0.717) is 29.7 Å². The molecule has 0 amide bonds. The zero-order valence-corrected chi connectivity index (χ0v) is 8.37. The summed E-state index contributed by atoms with van der Waals surface area (Å²) in [6.07, 6.45) is 0. The van der Waals surface area contributed by atoms with Crippen LogP contribution in [0.3, 0.4) is 0 Å². The van der Waals surface area contributed by atoms with Crippen LogP contribution in [0, 0.1) is 0 Å². The lowest BCUT2D eigenvalue weighted by Gasteiger charge is -2.10. The van der Waals surface area contributed by atoms with Gasteiger partial charge in [-0.1, -0.05) is 30.3 Å². The van der Waals surface area contributed by atoms with Crippen molar-refractivity contribution >= 4 is 31.0 Å². The van der Waals surface area contributed by atoms with Crippen molar-refractivity contribution in [1.29, 1.82) is 0 Å². The number of fused-ring (bicyclic) bond motifs is 1. The summed E-state index contributed by atoms with van der Waals surface area (Å²) in [6, 6.07) is 10.3. The molecule has 0 aliphatic heterocycles. The lowest BCUT2D eigenvalue weighted by Crippen LogP contribution is -2.30. The summed E-state index contributed by atoms with van der Waals surface area (Å²) in [4.78, 5) is 0. The molecule has 3 N–H and O–H groups in total. The van der Waals surface area contributed by atoms with Crippen LogP contribution in [-0.4, -0.2) is 29.9 Å². The quantitative estimate of drug-likeness (QED) is 0.599. The minimum atomic E-state index is -1.53. The van der Waals surface area contributed by atoms with Gasteiger partial charge < -0.3 is 19.7 Å². The van der Waals surface area contributed by atoms with Gasteiger partial charge in [0.1, 0.15) is 5.75 Å². The first-order valence-corrected chi connectivity index (χ1v) is 4.74. The van der Waals surface area contributed by atoms with Crippen LogP contribution in [0.2, 0.25) is 0 Å². The number of hydrogen-bond acceptors (Lipinski definition) is 4. The van der Waals surface area contributed by atoms with Crippen molar-refractivity contribution in [3.05, 3.63) is 36.4 Å². The highest BCUT2D eigenvalue weighted by Gasteiger charge is 2.16. The van der Waals surface area contributed by atoms with Gasteiger partial charge in [-0.25, -0.2) is 0 Å². The third-order valence-electron chi connectivity index (χ3n) is 2.38. The predicted octanol–water partition coefficient (Wildman–Crippen LogP) is -0.575. The zero-order chi connectivity index (χ0) is 11.5. The Balaban J connectivity index is 2.67. The van der Waals surface area contributed by atoms with E-state index in [0.717, 1.165) is 0 Å². The first kappa shape index (κ1) is 11.0. The Bertz CT molecular complexity index is 501. The molecule has 0 aromatic heterocycles. The monoisotopic (exact) mass is 215 g/mol. The van der Waals surface area contributed by atoms with Crippen molar-refractivity contribution in [2.75, 3.05) is 0 Å². The Labute approximate surface area is 93.6 Å². The molecule has 0 saturated heterocycles. The smallest absolute Gasteiger partial charge is 0.537 e. The van der Waals surface area contributed by atoms with Crippen LogP contribution in [0.25, 0.3) is 10.8 Å². The SMILES string of the molecule is O[B]Oc1ccc(B(O)O)c2ccccc12. The van der Waals surface area contributed by atoms with Gasteiger partial charge in [0.25, 0.3) is 0 Å². The van der Waals surface area contributed by atoms with E-state index in [1.165, 1.54) is 0 Å². The third kappa shape index (κ3) is 1.90. The van der Waals surface area contributed by atoms with E-state index in [1.807, 2.05) is 0 Å². The lowest BCUT2D eigenvalue weighted by molar-refractivity contribution is 0.426. The molecule has 0 atom stereocenters. The van der Waals surface area contributed by atoms with Crippen LogP contribution in [0.4, 0.5) is 0 Å².